The lowest BCUT2D eigenvalue weighted by Crippen LogP contribution is -1.82. The highest BCUT2D eigenvalue weighted by molar-refractivity contribution is 5.20. The molecular formula is C10H17N. The van der Waals surface area contributed by atoms with Crippen LogP contribution in [0.1, 0.15) is 26.7 Å². The average Bonchev–Trinajstić information content (AvgIpc) is 1.87. The van der Waals surface area contributed by atoms with Crippen molar-refractivity contribution in [3.63, 3.8) is 0 Å². The highest BCUT2D eigenvalue weighted by Gasteiger charge is 1.89. The van der Waals surface area contributed by atoms with Crippen LogP contribution in [-0.4, -0.2) is 0 Å². The van der Waals surface area contributed by atoms with E-state index in [1.165, 1.54) is 11.8 Å². The van der Waals surface area contributed by atoms with Crippen LogP contribution in [0.25, 0.3) is 0 Å². The summed E-state index contributed by atoms with van der Waals surface area (Å²) >= 11 is 0. The molecule has 0 atom stereocenters. The van der Waals surface area contributed by atoms with Gasteiger partial charge in [-0.1, -0.05) is 25.2 Å². The third kappa shape index (κ3) is 5.46. The summed E-state index contributed by atoms with van der Waals surface area (Å²) < 4.78 is 0. The van der Waals surface area contributed by atoms with E-state index in [1.54, 1.807) is 0 Å². The van der Waals surface area contributed by atoms with E-state index in [0.717, 1.165) is 18.4 Å². The lowest BCUT2D eigenvalue weighted by atomic mass is 10.1. The fraction of sp³-hybridized carbons (Fsp3) is 0.400. The van der Waals surface area contributed by atoms with Crippen LogP contribution in [0.5, 0.6) is 0 Å². The molecule has 11 heavy (non-hydrogen) atoms. The van der Waals surface area contributed by atoms with Crippen LogP contribution in [0, 0.1) is 0 Å². The molecule has 0 aromatic heterocycles. The van der Waals surface area contributed by atoms with Crippen molar-refractivity contribution in [1.82, 2.24) is 0 Å². The first-order valence-corrected chi connectivity index (χ1v) is 3.92. The van der Waals surface area contributed by atoms with Crippen molar-refractivity contribution in [2.45, 2.75) is 26.7 Å². The minimum absolute atomic E-state index is 0.932. The highest BCUT2D eigenvalue weighted by atomic mass is 14.5. The summed E-state index contributed by atoms with van der Waals surface area (Å²) in [5, 5.41) is 0. The van der Waals surface area contributed by atoms with Crippen molar-refractivity contribution in [1.29, 1.82) is 0 Å². The molecule has 0 aliphatic heterocycles. The lowest BCUT2D eigenvalue weighted by molar-refractivity contribution is 1.10. The molecule has 0 aromatic carbocycles. The maximum absolute atomic E-state index is 5.22. The predicted molar refractivity (Wildman–Crippen MR) is 51.1 cm³/mol. The lowest BCUT2D eigenvalue weighted by Gasteiger charge is -1.99. The van der Waals surface area contributed by atoms with Crippen molar-refractivity contribution < 1.29 is 0 Å². The largest absolute Gasteiger partial charge is 0.405 e. The molecule has 0 unspecified atom stereocenters. The molecule has 0 bridgehead atoms. The van der Waals surface area contributed by atoms with E-state index in [4.69, 9.17) is 5.73 Å². The Morgan fingerprint density at radius 1 is 1.55 bits per heavy atom. The van der Waals surface area contributed by atoms with Gasteiger partial charge in [0.05, 0.1) is 0 Å². The Hall–Kier alpha value is -0.980. The molecule has 0 saturated heterocycles. The Labute approximate surface area is 69.3 Å². The quantitative estimate of drug-likeness (QED) is 0.485. The molecule has 0 radical (unpaired) electrons. The molecule has 2 N–H and O–H groups in total. The molecule has 62 valence electrons. The van der Waals surface area contributed by atoms with Crippen molar-refractivity contribution >= 4 is 0 Å². The Balaban J connectivity index is 3.85. The maximum atomic E-state index is 5.22. The van der Waals surface area contributed by atoms with Gasteiger partial charge >= 0.3 is 0 Å². The molecule has 0 aliphatic carbocycles. The van der Waals surface area contributed by atoms with E-state index < -0.39 is 0 Å². The zero-order valence-corrected chi connectivity index (χ0v) is 7.43. The van der Waals surface area contributed by atoms with Gasteiger partial charge < -0.3 is 5.73 Å². The van der Waals surface area contributed by atoms with Crippen LogP contribution < -0.4 is 5.73 Å². The van der Waals surface area contributed by atoms with Gasteiger partial charge in [0, 0.05) is 0 Å². The zero-order chi connectivity index (χ0) is 8.69. The number of hydrogen-bond acceptors (Lipinski definition) is 1. The Kier molecular flexibility index (Phi) is 5.26. The van der Waals surface area contributed by atoms with Crippen molar-refractivity contribution in [2.75, 3.05) is 0 Å². The average molecular weight is 151 g/mol. The van der Waals surface area contributed by atoms with E-state index >= 15 is 0 Å². The van der Waals surface area contributed by atoms with Crippen molar-refractivity contribution in [2.24, 2.45) is 5.73 Å². The molecule has 1 heteroatoms. The summed E-state index contributed by atoms with van der Waals surface area (Å²) in [5.41, 5.74) is 7.64. The summed E-state index contributed by atoms with van der Waals surface area (Å²) in [6.45, 7) is 8.10. The van der Waals surface area contributed by atoms with Gasteiger partial charge in [0.1, 0.15) is 0 Å². The van der Waals surface area contributed by atoms with Crippen LogP contribution >= 0.6 is 0 Å². The molecule has 0 aliphatic rings. The fourth-order valence-electron chi connectivity index (χ4n) is 0.974. The number of nitrogens with two attached hydrogens (primary N) is 1. The summed E-state index contributed by atoms with van der Waals surface area (Å²) in [7, 11) is 0. The van der Waals surface area contributed by atoms with Gasteiger partial charge in [-0.3, -0.25) is 0 Å². The second-order valence-corrected chi connectivity index (χ2v) is 2.65. The Morgan fingerprint density at radius 2 is 2.18 bits per heavy atom. The van der Waals surface area contributed by atoms with Gasteiger partial charge in [0.25, 0.3) is 0 Å². The van der Waals surface area contributed by atoms with Crippen LogP contribution in [-0.2, 0) is 0 Å². The number of hydrogen-bond donors (Lipinski definition) is 1. The number of allylic oxidation sites excluding steroid dienone is 4. The second-order valence-electron chi connectivity index (χ2n) is 2.65. The first kappa shape index (κ1) is 10.0. The first-order valence-electron chi connectivity index (χ1n) is 3.92. The van der Waals surface area contributed by atoms with Gasteiger partial charge in [-0.2, -0.15) is 0 Å². The summed E-state index contributed by atoms with van der Waals surface area (Å²) in [4.78, 5) is 0. The monoisotopic (exact) mass is 151 g/mol. The van der Waals surface area contributed by atoms with E-state index in [0.29, 0.717) is 0 Å². The summed E-state index contributed by atoms with van der Waals surface area (Å²) in [5.74, 6) is 0. The van der Waals surface area contributed by atoms with Gasteiger partial charge in [-0.15, -0.1) is 0 Å². The minimum Gasteiger partial charge on any atom is -0.405 e. The topological polar surface area (TPSA) is 26.0 Å². The Morgan fingerprint density at radius 3 is 2.64 bits per heavy atom. The molecule has 1 nitrogen and oxygen atoms in total. The van der Waals surface area contributed by atoms with Crippen LogP contribution in [0.2, 0.25) is 0 Å². The van der Waals surface area contributed by atoms with Crippen LogP contribution in [0.3, 0.4) is 0 Å². The highest BCUT2D eigenvalue weighted by Crippen LogP contribution is 2.09. The molecule has 0 heterocycles. The standard InChI is InChI=1S/C10H17N/c1-4-5-9(2)8-10(3)6-7-11/h5-7H,3-4,8,11H2,1-2H3/b7-6-,9-5-. The molecule has 0 fully saturated rings. The van der Waals surface area contributed by atoms with E-state index in [1.807, 2.05) is 6.08 Å². The second kappa shape index (κ2) is 5.78. The normalized spacial score (nSPS) is 12.4. The van der Waals surface area contributed by atoms with E-state index in [2.05, 4.69) is 26.5 Å². The van der Waals surface area contributed by atoms with Gasteiger partial charge in [-0.05, 0) is 37.6 Å². The number of rotatable bonds is 4. The van der Waals surface area contributed by atoms with Crippen LogP contribution in [0.4, 0.5) is 0 Å². The third-order valence-electron chi connectivity index (χ3n) is 1.39. The first-order chi connectivity index (χ1) is 5.20. The van der Waals surface area contributed by atoms with Gasteiger partial charge in [-0.25, -0.2) is 0 Å². The predicted octanol–water partition coefficient (Wildman–Crippen LogP) is 2.76. The maximum Gasteiger partial charge on any atom is -0.00597 e. The van der Waals surface area contributed by atoms with E-state index in [9.17, 15) is 0 Å². The fourth-order valence-corrected chi connectivity index (χ4v) is 0.974. The van der Waals surface area contributed by atoms with Gasteiger partial charge in [0.2, 0.25) is 0 Å². The van der Waals surface area contributed by atoms with Crippen molar-refractivity contribution in [3.8, 4) is 0 Å². The van der Waals surface area contributed by atoms with Crippen molar-refractivity contribution in [3.05, 3.63) is 36.1 Å². The van der Waals surface area contributed by atoms with Gasteiger partial charge in [0.15, 0.2) is 0 Å². The summed E-state index contributed by atoms with van der Waals surface area (Å²) in [6, 6.07) is 0. The summed E-state index contributed by atoms with van der Waals surface area (Å²) in [6.07, 6.45) is 7.59. The molecular weight excluding hydrogens is 134 g/mol. The molecule has 0 aromatic rings. The SMILES string of the molecule is C=C(/C=C\N)C/C(C)=C\CC. The van der Waals surface area contributed by atoms with Crippen LogP contribution in [0.15, 0.2) is 36.1 Å². The third-order valence-corrected chi connectivity index (χ3v) is 1.39. The smallest absolute Gasteiger partial charge is 0.00597 e. The van der Waals surface area contributed by atoms with E-state index in [-0.39, 0.29) is 0 Å². The molecule has 0 spiro atoms. The Bertz CT molecular complexity index is 175. The molecule has 0 saturated carbocycles. The molecule has 0 rings (SSSR count). The minimum atomic E-state index is 0.932. The molecule has 0 amide bonds. The zero-order valence-electron chi connectivity index (χ0n) is 7.43.